The molecule has 0 saturated heterocycles. The summed E-state index contributed by atoms with van der Waals surface area (Å²) in [6, 6.07) is 0. The van der Waals surface area contributed by atoms with Crippen LogP contribution in [-0.2, 0) is 114 Å². The molecule has 0 spiro atoms. The topological polar surface area (TPSA) is 329 Å². The number of hydrogen-bond donors (Lipinski definition) is 0. The van der Waals surface area contributed by atoms with Crippen molar-refractivity contribution >= 4 is 142 Å². The van der Waals surface area contributed by atoms with Gasteiger partial charge >= 0.3 is 71.6 Å². The first-order valence-corrected chi connectivity index (χ1v) is 63.0. The average molecular weight is 2160 g/mol. The Balaban J connectivity index is 7.22. The van der Waals surface area contributed by atoms with Crippen molar-refractivity contribution in [1.82, 2.24) is 19.6 Å². The number of hydrogen-bond acceptors (Lipinski definition) is 34. The fourth-order valence-electron chi connectivity index (χ4n) is 15.2. The van der Waals surface area contributed by atoms with Gasteiger partial charge in [0.1, 0.15) is 79.3 Å². The second-order valence-corrected chi connectivity index (χ2v) is 45.5. The monoisotopic (exact) mass is 2160 g/mol. The summed E-state index contributed by atoms with van der Waals surface area (Å²) in [7, 11) is 0. The maximum Gasteiger partial charge on any atom is 0.318 e. The Kier molecular flexibility index (Phi) is 99.8. The molecule has 6 atom stereocenters. The molecule has 0 fully saturated rings. The highest BCUT2D eigenvalue weighted by atomic mass is 32.2. The zero-order valence-electron chi connectivity index (χ0n) is 92.1. The van der Waals surface area contributed by atoms with E-state index in [1.54, 1.807) is 70.6 Å². The van der Waals surface area contributed by atoms with E-state index in [4.69, 9.17) is 56.8 Å². The fourth-order valence-corrected chi connectivity index (χ4v) is 21.5. The van der Waals surface area contributed by atoms with E-state index in [-0.39, 0.29) is 228 Å². The van der Waals surface area contributed by atoms with Crippen LogP contribution in [0.25, 0.3) is 0 Å². The average Bonchev–Trinajstić information content (AvgIpc) is 0.930. The van der Waals surface area contributed by atoms with Crippen molar-refractivity contribution in [3.05, 3.63) is 0 Å². The molecule has 0 heterocycles. The maximum atomic E-state index is 13.7. The molecule has 0 aromatic rings. The van der Waals surface area contributed by atoms with E-state index in [0.717, 1.165) is 79.5 Å². The van der Waals surface area contributed by atoms with Crippen LogP contribution in [-0.4, -0.2) is 318 Å². The first kappa shape index (κ1) is 140. The van der Waals surface area contributed by atoms with Gasteiger partial charge in [-0.25, -0.2) is 0 Å². The summed E-state index contributed by atoms with van der Waals surface area (Å²) < 4.78 is 66.9. The molecule has 0 aliphatic rings. The lowest BCUT2D eigenvalue weighted by atomic mass is 10.1. The Morgan fingerprint density at radius 2 is 0.333 bits per heavy atom. The SMILES string of the molecule is CCCCCCCCSCC(C)C(=O)OCCOC(=O)CCN(CCCN(CCCN(CCC(=O)OCCOC(=O)C(C)CSCCCCCCCC)CCC(=O)OCCOC(=O)C(C)SCCCCCCCC)CCC(=O)OCCOC(=O)C(C)CSCCCCCCCC)CCCN(CCC(=O)OCCOC(=O)C(C)CSCCCCCCCC)CCC(=O)OCCOC(=O)C(C)CSCCCCCCCC. The van der Waals surface area contributed by atoms with Gasteiger partial charge in [0.2, 0.25) is 0 Å². The molecule has 28 nitrogen and oxygen atoms in total. The Labute approximate surface area is 898 Å². The van der Waals surface area contributed by atoms with Crippen LogP contribution in [0.4, 0.5) is 0 Å². The van der Waals surface area contributed by atoms with Crippen molar-refractivity contribution in [1.29, 1.82) is 0 Å². The third-order valence-corrected chi connectivity index (χ3v) is 32.2. The van der Waals surface area contributed by atoms with Crippen LogP contribution in [0.1, 0.15) is 372 Å². The number of carbonyl (C=O) groups excluding carboxylic acids is 12. The number of thioether (sulfide) groups is 6. The van der Waals surface area contributed by atoms with E-state index >= 15 is 0 Å². The Hall–Kier alpha value is -4.42. The van der Waals surface area contributed by atoms with Crippen LogP contribution in [0.3, 0.4) is 0 Å². The number of unbranched alkanes of at least 4 members (excludes halogenated alkanes) is 30. The van der Waals surface area contributed by atoms with Crippen LogP contribution >= 0.6 is 70.6 Å². The molecule has 0 rings (SSSR count). The summed E-state index contributed by atoms with van der Waals surface area (Å²) >= 11 is 10.2. The van der Waals surface area contributed by atoms with Gasteiger partial charge in [0.05, 0.1) is 73.4 Å². The van der Waals surface area contributed by atoms with E-state index in [9.17, 15) is 57.5 Å². The molecule has 6 unspecified atom stereocenters. The van der Waals surface area contributed by atoms with Crippen molar-refractivity contribution in [2.75, 3.05) is 221 Å². The zero-order chi connectivity index (χ0) is 106. The highest BCUT2D eigenvalue weighted by molar-refractivity contribution is 8.00. The fraction of sp³-hybridized carbons (Fsp3) is 0.891. The first-order chi connectivity index (χ1) is 69.8. The molecule has 0 amide bonds. The van der Waals surface area contributed by atoms with Crippen LogP contribution in [0.15, 0.2) is 0 Å². The lowest BCUT2D eigenvalue weighted by molar-refractivity contribution is -0.154. The van der Waals surface area contributed by atoms with Crippen molar-refractivity contribution in [2.24, 2.45) is 29.6 Å². The van der Waals surface area contributed by atoms with Crippen LogP contribution in [0.2, 0.25) is 0 Å². The lowest BCUT2D eigenvalue weighted by Crippen LogP contribution is -2.37. The van der Waals surface area contributed by atoms with Gasteiger partial charge in [0.25, 0.3) is 0 Å². The molecule has 0 radical (unpaired) electrons. The normalized spacial score (nSPS) is 12.8. The maximum absolute atomic E-state index is 13.7. The Bertz CT molecular complexity index is 2940. The summed E-state index contributed by atoms with van der Waals surface area (Å²) in [4.78, 5) is 168. The standard InChI is InChI=1S/C110H202N4O24S6/c1-13-19-25-31-37-43-82-139-88-93(7)105(121)133-76-70-127-99(115)52-64-111(60-50-62-113(66-54-101(117)129-72-78-135-107(123)95(9)90-141-84-45-39-33-27-21-15-3)67-55-102(118)130-73-79-136-108(124)96(10)91-142-85-46-40-34-28-22-16-4)58-49-59-112(65-53-100(116)128-71-77-134-106(122)94(8)89-140-83-44-38-32-26-20-14-2)61-51-63-114(69-57-104(120)132-75-81-138-110(126)98(12)144-87-48-42-36-30-24-18-6)68-56-103(119)131-74-80-137-109(125)97(11)92-143-86-47-41-35-29-23-17-5/h93-98H,13-92H2,1-12H3. The third kappa shape index (κ3) is 90.3. The Morgan fingerprint density at radius 3 is 0.521 bits per heavy atom. The molecule has 0 saturated carbocycles. The minimum absolute atomic E-state index is 0.0184. The molecule has 0 bridgehead atoms. The zero-order valence-corrected chi connectivity index (χ0v) is 97.0. The Morgan fingerprint density at radius 1 is 0.181 bits per heavy atom. The van der Waals surface area contributed by atoms with Gasteiger partial charge in [-0.3, -0.25) is 57.5 Å². The molecular formula is C110H202N4O24S6. The molecule has 34 heteroatoms. The quantitative estimate of drug-likeness (QED) is 0.0310. The van der Waals surface area contributed by atoms with Gasteiger partial charge in [-0.1, -0.05) is 269 Å². The van der Waals surface area contributed by atoms with E-state index in [1.807, 2.05) is 51.3 Å². The van der Waals surface area contributed by atoms with Gasteiger partial charge < -0.3 is 76.4 Å². The first-order valence-electron chi connectivity index (χ1n) is 56.2. The largest absolute Gasteiger partial charge is 0.462 e. The van der Waals surface area contributed by atoms with E-state index in [0.29, 0.717) is 87.3 Å². The second kappa shape index (κ2) is 103. The molecule has 144 heavy (non-hydrogen) atoms. The summed E-state index contributed by atoms with van der Waals surface area (Å²) in [6.07, 6.45) is 44.0. The van der Waals surface area contributed by atoms with Gasteiger partial charge in [-0.05, 0) is 138 Å². The van der Waals surface area contributed by atoms with Crippen LogP contribution in [0.5, 0.6) is 0 Å². The van der Waals surface area contributed by atoms with Crippen molar-refractivity contribution in [2.45, 2.75) is 377 Å². The van der Waals surface area contributed by atoms with Gasteiger partial charge in [-0.15, -0.1) is 11.8 Å². The second-order valence-electron chi connectivity index (χ2n) is 38.3. The van der Waals surface area contributed by atoms with Gasteiger partial charge in [0, 0.05) is 68.0 Å². The van der Waals surface area contributed by atoms with E-state index < -0.39 is 35.8 Å². The summed E-state index contributed by atoms with van der Waals surface area (Å²) in [6.45, 7) is 26.7. The smallest absolute Gasteiger partial charge is 0.318 e. The number of carbonyl (C=O) groups is 12. The molecule has 842 valence electrons. The predicted molar refractivity (Wildman–Crippen MR) is 593 cm³/mol. The van der Waals surface area contributed by atoms with Crippen molar-refractivity contribution < 1.29 is 114 Å². The summed E-state index contributed by atoms with van der Waals surface area (Å²) in [5, 5.41) is -0.371. The minimum atomic E-state index is -0.523. The van der Waals surface area contributed by atoms with Crippen molar-refractivity contribution in [3.8, 4) is 0 Å². The number of ether oxygens (including phenoxy) is 12. The number of esters is 12. The molecule has 0 aliphatic heterocycles. The van der Waals surface area contributed by atoms with Gasteiger partial charge in [-0.2, -0.15) is 58.8 Å². The summed E-state index contributed by atoms with van der Waals surface area (Å²) in [5.74, 6) is 1.99. The number of nitrogens with zero attached hydrogens (tertiary/aromatic N) is 4. The predicted octanol–water partition coefficient (Wildman–Crippen LogP) is 22.4. The van der Waals surface area contributed by atoms with Crippen LogP contribution < -0.4 is 0 Å². The molecule has 0 aromatic heterocycles. The highest BCUT2D eigenvalue weighted by Crippen LogP contribution is 2.23. The van der Waals surface area contributed by atoms with Crippen molar-refractivity contribution in [3.63, 3.8) is 0 Å². The van der Waals surface area contributed by atoms with E-state index in [1.165, 1.54) is 186 Å². The third-order valence-electron chi connectivity index (χ3n) is 24.4. The summed E-state index contributed by atoms with van der Waals surface area (Å²) in [5.41, 5.74) is 0. The van der Waals surface area contributed by atoms with Gasteiger partial charge in [0.15, 0.2) is 0 Å². The van der Waals surface area contributed by atoms with Crippen LogP contribution in [0, 0.1) is 29.6 Å². The molecular weight excluding hydrogens is 1950 g/mol. The van der Waals surface area contributed by atoms with E-state index in [2.05, 4.69) is 51.3 Å². The molecule has 0 aliphatic carbocycles. The lowest BCUT2D eigenvalue weighted by Gasteiger charge is -2.28. The highest BCUT2D eigenvalue weighted by Gasteiger charge is 2.25. The number of rotatable bonds is 107. The minimum Gasteiger partial charge on any atom is -0.462 e. The molecule has 0 N–H and O–H groups in total. The molecule has 0 aromatic carbocycles.